The molecule has 0 aliphatic heterocycles. The first-order chi connectivity index (χ1) is 8.45. The first-order valence-corrected chi connectivity index (χ1v) is 7.98. The van der Waals surface area contributed by atoms with Crippen LogP contribution in [0.1, 0.15) is 72.1 Å². The lowest BCUT2D eigenvalue weighted by Gasteiger charge is -2.60. The van der Waals surface area contributed by atoms with Crippen LogP contribution < -0.4 is 0 Å². The van der Waals surface area contributed by atoms with E-state index in [1.165, 1.54) is 38.5 Å². The molecule has 0 bridgehead atoms. The monoisotopic (exact) mass is 248 g/mol. The number of hydrogen-bond donors (Lipinski definition) is 0. The van der Waals surface area contributed by atoms with Gasteiger partial charge in [0.1, 0.15) is 5.78 Å². The Balaban J connectivity index is 1.94. The summed E-state index contributed by atoms with van der Waals surface area (Å²) >= 11 is 0. The molecule has 0 saturated heterocycles. The average molecular weight is 248 g/mol. The van der Waals surface area contributed by atoms with E-state index < -0.39 is 0 Å². The van der Waals surface area contributed by atoms with Crippen molar-refractivity contribution in [3.05, 3.63) is 0 Å². The fourth-order valence-electron chi connectivity index (χ4n) is 5.94. The minimum Gasteiger partial charge on any atom is -0.299 e. The molecule has 0 aromatic carbocycles. The summed E-state index contributed by atoms with van der Waals surface area (Å²) in [6, 6.07) is 0. The van der Waals surface area contributed by atoms with Gasteiger partial charge in [-0.25, -0.2) is 0 Å². The zero-order chi connectivity index (χ0) is 13.0. The molecule has 0 radical (unpaired) electrons. The average Bonchev–Trinajstić information content (AvgIpc) is 2.29. The highest BCUT2D eigenvalue weighted by molar-refractivity contribution is 5.82. The third-order valence-electron chi connectivity index (χ3n) is 6.73. The lowest BCUT2D eigenvalue weighted by Crippen LogP contribution is -2.53. The van der Waals surface area contributed by atoms with Crippen molar-refractivity contribution in [2.75, 3.05) is 0 Å². The maximum Gasteiger partial charge on any atom is 0.136 e. The van der Waals surface area contributed by atoms with E-state index in [-0.39, 0.29) is 0 Å². The number of ketones is 1. The lowest BCUT2D eigenvalue weighted by molar-refractivity contribution is -0.145. The smallest absolute Gasteiger partial charge is 0.136 e. The molecule has 3 saturated carbocycles. The van der Waals surface area contributed by atoms with E-state index in [1.807, 2.05) is 0 Å². The summed E-state index contributed by atoms with van der Waals surface area (Å²) in [6.45, 7) is 7.47. The van der Waals surface area contributed by atoms with Crippen molar-refractivity contribution in [3.63, 3.8) is 0 Å². The van der Waals surface area contributed by atoms with Crippen LogP contribution in [-0.4, -0.2) is 5.78 Å². The summed E-state index contributed by atoms with van der Waals surface area (Å²) in [5.41, 5.74) is 0.958. The second-order valence-corrected chi connectivity index (χ2v) is 8.05. The van der Waals surface area contributed by atoms with Crippen LogP contribution >= 0.6 is 0 Å². The molecule has 0 heterocycles. The molecule has 0 amide bonds. The molecule has 18 heavy (non-hydrogen) atoms. The summed E-state index contributed by atoms with van der Waals surface area (Å²) in [4.78, 5) is 12.2. The zero-order valence-electron chi connectivity index (χ0n) is 12.3. The SMILES string of the molecule is CC1(C)CCC[C@]2(C)[C@H]3CCCC(=O)[C@@H]3CC[C@@H]12. The molecule has 0 aromatic heterocycles. The van der Waals surface area contributed by atoms with Gasteiger partial charge in [-0.05, 0) is 61.2 Å². The molecular weight excluding hydrogens is 220 g/mol. The van der Waals surface area contributed by atoms with Gasteiger partial charge in [0.2, 0.25) is 0 Å². The second kappa shape index (κ2) is 4.08. The van der Waals surface area contributed by atoms with Gasteiger partial charge in [-0.1, -0.05) is 27.2 Å². The van der Waals surface area contributed by atoms with Gasteiger partial charge in [0.15, 0.2) is 0 Å². The normalized spacial score (nSPS) is 47.3. The van der Waals surface area contributed by atoms with Crippen LogP contribution in [0, 0.1) is 28.6 Å². The minimum absolute atomic E-state index is 0.425. The van der Waals surface area contributed by atoms with E-state index in [0.29, 0.717) is 28.4 Å². The molecule has 3 rings (SSSR count). The third kappa shape index (κ3) is 1.69. The van der Waals surface area contributed by atoms with E-state index >= 15 is 0 Å². The third-order valence-corrected chi connectivity index (χ3v) is 6.73. The Morgan fingerprint density at radius 3 is 2.56 bits per heavy atom. The Morgan fingerprint density at radius 1 is 1.00 bits per heavy atom. The molecule has 0 N–H and O–H groups in total. The fraction of sp³-hybridized carbons (Fsp3) is 0.941. The molecule has 3 aliphatic carbocycles. The zero-order valence-corrected chi connectivity index (χ0v) is 12.3. The molecular formula is C17H28O. The van der Waals surface area contributed by atoms with E-state index in [1.54, 1.807) is 0 Å². The highest BCUT2D eigenvalue weighted by Gasteiger charge is 2.56. The lowest BCUT2D eigenvalue weighted by atomic mass is 9.44. The first-order valence-electron chi connectivity index (χ1n) is 7.98. The molecule has 3 fully saturated rings. The minimum atomic E-state index is 0.425. The van der Waals surface area contributed by atoms with Gasteiger partial charge in [-0.3, -0.25) is 4.79 Å². The Morgan fingerprint density at radius 2 is 1.78 bits per heavy atom. The highest BCUT2D eigenvalue weighted by atomic mass is 16.1. The van der Waals surface area contributed by atoms with E-state index in [0.717, 1.165) is 18.8 Å². The quantitative estimate of drug-likeness (QED) is 0.612. The van der Waals surface area contributed by atoms with Crippen LogP contribution in [0.3, 0.4) is 0 Å². The molecule has 1 heteroatoms. The van der Waals surface area contributed by atoms with Crippen LogP contribution in [-0.2, 0) is 4.79 Å². The predicted molar refractivity (Wildman–Crippen MR) is 74.3 cm³/mol. The standard InChI is InChI=1S/C17H28O/c1-16(2)10-5-11-17(3)13-6-4-7-14(18)12(13)8-9-15(16)17/h12-13,15H,4-11H2,1-3H3/t12-,13+,15+,17-/m1/s1. The van der Waals surface area contributed by atoms with Crippen molar-refractivity contribution >= 4 is 5.78 Å². The van der Waals surface area contributed by atoms with Crippen LogP contribution in [0.15, 0.2) is 0 Å². The van der Waals surface area contributed by atoms with Crippen molar-refractivity contribution < 1.29 is 4.79 Å². The van der Waals surface area contributed by atoms with E-state index in [9.17, 15) is 4.79 Å². The first kappa shape index (κ1) is 12.7. The van der Waals surface area contributed by atoms with E-state index in [2.05, 4.69) is 20.8 Å². The summed E-state index contributed by atoms with van der Waals surface area (Å²) < 4.78 is 0. The van der Waals surface area contributed by atoms with Crippen LogP contribution in [0.4, 0.5) is 0 Å². The number of Topliss-reactive ketones (excluding diaryl/α,β-unsaturated/α-hetero) is 1. The topological polar surface area (TPSA) is 17.1 Å². The molecule has 102 valence electrons. The molecule has 0 aromatic rings. The molecule has 1 nitrogen and oxygen atoms in total. The maximum atomic E-state index is 12.2. The van der Waals surface area contributed by atoms with Crippen LogP contribution in [0.25, 0.3) is 0 Å². The molecule has 4 atom stereocenters. The molecule has 0 spiro atoms. The summed E-state index contributed by atoms with van der Waals surface area (Å²) in [5, 5.41) is 0. The van der Waals surface area contributed by atoms with Crippen LogP contribution in [0.5, 0.6) is 0 Å². The molecule has 3 aliphatic rings. The van der Waals surface area contributed by atoms with Gasteiger partial charge in [-0.15, -0.1) is 0 Å². The van der Waals surface area contributed by atoms with Gasteiger partial charge in [0.25, 0.3) is 0 Å². The maximum absolute atomic E-state index is 12.2. The van der Waals surface area contributed by atoms with Gasteiger partial charge in [0, 0.05) is 12.3 Å². The van der Waals surface area contributed by atoms with Crippen molar-refractivity contribution in [1.29, 1.82) is 0 Å². The number of hydrogen-bond acceptors (Lipinski definition) is 1. The number of carbonyl (C=O) groups is 1. The Bertz CT molecular complexity index is 357. The molecule has 0 unspecified atom stereocenters. The Kier molecular flexibility index (Phi) is 2.88. The van der Waals surface area contributed by atoms with Gasteiger partial charge >= 0.3 is 0 Å². The fourth-order valence-corrected chi connectivity index (χ4v) is 5.94. The number of rotatable bonds is 0. The highest BCUT2D eigenvalue weighted by Crippen LogP contribution is 2.63. The predicted octanol–water partition coefficient (Wildman–Crippen LogP) is 4.60. The number of carbonyl (C=O) groups excluding carboxylic acids is 1. The van der Waals surface area contributed by atoms with Crippen molar-refractivity contribution in [1.82, 2.24) is 0 Å². The van der Waals surface area contributed by atoms with Gasteiger partial charge < -0.3 is 0 Å². The summed E-state index contributed by atoms with van der Waals surface area (Å²) in [5.74, 6) is 2.58. The van der Waals surface area contributed by atoms with E-state index in [4.69, 9.17) is 0 Å². The second-order valence-electron chi connectivity index (χ2n) is 8.05. The van der Waals surface area contributed by atoms with Crippen molar-refractivity contribution in [2.45, 2.75) is 72.1 Å². The van der Waals surface area contributed by atoms with Gasteiger partial charge in [-0.2, -0.15) is 0 Å². The van der Waals surface area contributed by atoms with Crippen LogP contribution in [0.2, 0.25) is 0 Å². The van der Waals surface area contributed by atoms with Crippen molar-refractivity contribution in [3.8, 4) is 0 Å². The number of fused-ring (bicyclic) bond motifs is 3. The summed E-state index contributed by atoms with van der Waals surface area (Å²) in [7, 11) is 0. The largest absolute Gasteiger partial charge is 0.299 e. The van der Waals surface area contributed by atoms with Gasteiger partial charge in [0.05, 0.1) is 0 Å². The summed E-state index contributed by atoms with van der Waals surface area (Å²) in [6.07, 6.45) is 9.96. The Hall–Kier alpha value is -0.330. The Labute approximate surface area is 112 Å². The van der Waals surface area contributed by atoms with Crippen molar-refractivity contribution in [2.24, 2.45) is 28.6 Å².